The third-order valence-electron chi connectivity index (χ3n) is 5.08. The van der Waals surface area contributed by atoms with Crippen LogP contribution < -0.4 is 9.62 Å². The third kappa shape index (κ3) is 8.61. The second kappa shape index (κ2) is 12.8. The third-order valence-corrected chi connectivity index (χ3v) is 6.96. The van der Waals surface area contributed by atoms with Gasteiger partial charge in [0.25, 0.3) is 10.0 Å². The van der Waals surface area contributed by atoms with Crippen molar-refractivity contribution in [1.29, 1.82) is 0 Å². The largest absolute Gasteiger partial charge is 0.490 e. The fourth-order valence-electron chi connectivity index (χ4n) is 3.44. The predicted octanol–water partition coefficient (Wildman–Crippen LogP) is 5.02. The lowest BCUT2D eigenvalue weighted by molar-refractivity contribution is -0.192. The Hall–Kier alpha value is -3.78. The van der Waals surface area contributed by atoms with Crippen LogP contribution >= 0.6 is 11.6 Å². The molecule has 3 aromatic rings. The number of nitrogens with zero attached hydrogens (tertiary/aromatic N) is 3. The second-order valence-corrected chi connectivity index (χ2v) is 10.3. The number of carboxylic acids is 2. The van der Waals surface area contributed by atoms with E-state index in [2.05, 4.69) is 16.7 Å². The number of alkyl halides is 3. The zero-order valence-corrected chi connectivity index (χ0v) is 22.6. The Morgan fingerprint density at radius 1 is 1.13 bits per heavy atom. The minimum atomic E-state index is -5.08. The Balaban J connectivity index is 0.000000673. The number of hydrogen-bond donors (Lipinski definition) is 3. The van der Waals surface area contributed by atoms with Gasteiger partial charge in [-0.05, 0) is 49.7 Å². The smallest absolute Gasteiger partial charge is 0.478 e. The van der Waals surface area contributed by atoms with Gasteiger partial charge in [-0.25, -0.2) is 18.0 Å². The van der Waals surface area contributed by atoms with Crippen LogP contribution in [0.2, 0.25) is 5.02 Å². The zero-order chi connectivity index (χ0) is 29.5. The fourth-order valence-corrected chi connectivity index (χ4v) is 5.01. The van der Waals surface area contributed by atoms with Crippen molar-refractivity contribution in [3.05, 3.63) is 70.5 Å². The number of aryl methyl sites for hydroxylation is 2. The average Bonchev–Trinajstić information content (AvgIpc) is 3.17. The van der Waals surface area contributed by atoms with Gasteiger partial charge in [0.2, 0.25) is 0 Å². The van der Waals surface area contributed by atoms with Crippen LogP contribution in [0, 0.1) is 6.92 Å². The summed E-state index contributed by atoms with van der Waals surface area (Å²) >= 11 is 6.01. The molecule has 39 heavy (non-hydrogen) atoms. The van der Waals surface area contributed by atoms with Crippen LogP contribution in [-0.4, -0.2) is 53.6 Å². The number of aliphatic carboxylic acids is 1. The van der Waals surface area contributed by atoms with Crippen molar-refractivity contribution in [1.82, 2.24) is 9.78 Å². The van der Waals surface area contributed by atoms with Crippen LogP contribution in [0.25, 0.3) is 0 Å². The van der Waals surface area contributed by atoms with Crippen molar-refractivity contribution < 1.29 is 41.4 Å². The van der Waals surface area contributed by atoms with E-state index in [4.69, 9.17) is 21.5 Å². The summed E-state index contributed by atoms with van der Waals surface area (Å²) in [5.74, 6) is -3.92. The molecular weight excluding hydrogens is 565 g/mol. The number of nitrogens with one attached hydrogen (secondary N) is 1. The predicted molar refractivity (Wildman–Crippen MR) is 139 cm³/mol. The molecule has 1 heterocycles. The lowest BCUT2D eigenvalue weighted by Gasteiger charge is -2.22. The van der Waals surface area contributed by atoms with E-state index >= 15 is 0 Å². The highest BCUT2D eigenvalue weighted by Crippen LogP contribution is 2.28. The number of aromatic carboxylic acids is 1. The van der Waals surface area contributed by atoms with E-state index in [0.717, 1.165) is 24.4 Å². The molecule has 0 saturated carbocycles. The summed E-state index contributed by atoms with van der Waals surface area (Å²) in [5.41, 5.74) is 2.42. The Kier molecular flexibility index (Phi) is 10.4. The molecule has 0 bridgehead atoms. The highest BCUT2D eigenvalue weighted by atomic mass is 35.5. The first kappa shape index (κ1) is 31.4. The molecule has 3 N–H and O–H groups in total. The number of aromatic nitrogens is 2. The van der Waals surface area contributed by atoms with E-state index in [1.807, 2.05) is 17.7 Å². The van der Waals surface area contributed by atoms with Gasteiger partial charge in [-0.2, -0.15) is 18.3 Å². The minimum Gasteiger partial charge on any atom is -0.478 e. The first-order valence-corrected chi connectivity index (χ1v) is 13.1. The van der Waals surface area contributed by atoms with Gasteiger partial charge in [0, 0.05) is 19.3 Å². The van der Waals surface area contributed by atoms with Crippen LogP contribution in [0.1, 0.15) is 35.1 Å². The van der Waals surface area contributed by atoms with Crippen LogP contribution in [0.5, 0.6) is 0 Å². The molecule has 0 amide bonds. The zero-order valence-electron chi connectivity index (χ0n) is 21.0. The first-order chi connectivity index (χ1) is 18.1. The Labute approximate surface area is 227 Å². The molecule has 0 atom stereocenters. The molecular formula is C24H26ClF3N4O6S. The average molecular weight is 591 g/mol. The Morgan fingerprint density at radius 2 is 1.74 bits per heavy atom. The van der Waals surface area contributed by atoms with E-state index in [1.165, 1.54) is 24.3 Å². The summed E-state index contributed by atoms with van der Waals surface area (Å²) in [6, 6.07) is 12.4. The number of sulfonamides is 1. The van der Waals surface area contributed by atoms with Crippen molar-refractivity contribution in [2.75, 3.05) is 16.7 Å². The molecule has 3 rings (SSSR count). The quantitative estimate of drug-likeness (QED) is 0.315. The van der Waals surface area contributed by atoms with Crippen molar-refractivity contribution >= 4 is 44.9 Å². The van der Waals surface area contributed by atoms with Gasteiger partial charge < -0.3 is 15.1 Å². The number of benzene rings is 2. The summed E-state index contributed by atoms with van der Waals surface area (Å²) in [7, 11) is -2.19. The highest BCUT2D eigenvalue weighted by molar-refractivity contribution is 7.92. The van der Waals surface area contributed by atoms with E-state index < -0.39 is 28.1 Å². The molecule has 0 spiro atoms. The summed E-state index contributed by atoms with van der Waals surface area (Å²) in [6.45, 7) is 5.20. The topological polar surface area (TPSA) is 142 Å². The first-order valence-electron chi connectivity index (χ1n) is 11.3. The van der Waals surface area contributed by atoms with E-state index in [9.17, 15) is 31.5 Å². The Bertz CT molecular complexity index is 1440. The van der Waals surface area contributed by atoms with Crippen LogP contribution in [-0.2, 0) is 27.9 Å². The van der Waals surface area contributed by atoms with Crippen LogP contribution in [0.15, 0.2) is 53.4 Å². The summed E-state index contributed by atoms with van der Waals surface area (Å²) < 4.78 is 61.5. The molecule has 0 saturated heterocycles. The number of halogens is 4. The van der Waals surface area contributed by atoms with E-state index in [0.29, 0.717) is 12.2 Å². The van der Waals surface area contributed by atoms with Crippen molar-refractivity contribution in [2.45, 2.75) is 44.4 Å². The van der Waals surface area contributed by atoms with E-state index in [1.54, 1.807) is 30.1 Å². The maximum absolute atomic E-state index is 12.7. The van der Waals surface area contributed by atoms with Gasteiger partial charge in [0.15, 0.2) is 0 Å². The van der Waals surface area contributed by atoms with Gasteiger partial charge in [-0.15, -0.1) is 0 Å². The van der Waals surface area contributed by atoms with Crippen molar-refractivity contribution in [3.63, 3.8) is 0 Å². The monoisotopic (exact) mass is 590 g/mol. The molecule has 1 aromatic heterocycles. The molecule has 0 aliphatic rings. The molecule has 0 aliphatic heterocycles. The molecule has 15 heteroatoms. The molecule has 0 radical (unpaired) electrons. The lowest BCUT2D eigenvalue weighted by Crippen LogP contribution is -2.22. The summed E-state index contributed by atoms with van der Waals surface area (Å²) in [6.07, 6.45) is -4.15. The molecule has 0 unspecified atom stereocenters. The maximum Gasteiger partial charge on any atom is 0.490 e. The van der Waals surface area contributed by atoms with Gasteiger partial charge >= 0.3 is 18.1 Å². The Morgan fingerprint density at radius 3 is 2.28 bits per heavy atom. The summed E-state index contributed by atoms with van der Waals surface area (Å²) in [4.78, 5) is 22.6. The van der Waals surface area contributed by atoms with Gasteiger partial charge in [0.05, 0.1) is 34.2 Å². The molecule has 212 valence electrons. The standard InChI is InChI=1S/C22H25ClN4O4S.C2HF3O2/c1-4-11-27-17(12-15(2)24-27)14-26(3)20-10-9-16(13-18(20)22(28)29)25-32(30,31)21-8-6-5-7-19(21)23;3-2(4,5)1(6)7/h5-10,12-13,25H,4,11,14H2,1-3H3,(H,28,29);(H,6,7). The van der Waals surface area contributed by atoms with Crippen molar-refractivity contribution in [3.8, 4) is 0 Å². The number of carbonyl (C=O) groups is 2. The van der Waals surface area contributed by atoms with Gasteiger partial charge in [0.1, 0.15) is 4.90 Å². The molecule has 10 nitrogen and oxygen atoms in total. The maximum atomic E-state index is 12.7. The van der Waals surface area contributed by atoms with Gasteiger partial charge in [-0.1, -0.05) is 30.7 Å². The molecule has 0 fully saturated rings. The van der Waals surface area contributed by atoms with Crippen LogP contribution in [0.3, 0.4) is 0 Å². The normalized spacial score (nSPS) is 11.4. The number of anilines is 2. The van der Waals surface area contributed by atoms with Gasteiger partial charge in [-0.3, -0.25) is 9.40 Å². The second-order valence-electron chi connectivity index (χ2n) is 8.23. The fraction of sp³-hybridized carbons (Fsp3) is 0.292. The molecule has 0 aliphatic carbocycles. The van der Waals surface area contributed by atoms with Crippen molar-refractivity contribution in [2.24, 2.45) is 0 Å². The number of rotatable bonds is 9. The lowest BCUT2D eigenvalue weighted by atomic mass is 10.1. The number of carboxylic acid groups (broad SMARTS) is 2. The highest BCUT2D eigenvalue weighted by Gasteiger charge is 2.38. The molecule has 2 aromatic carbocycles. The van der Waals surface area contributed by atoms with E-state index in [-0.39, 0.29) is 21.2 Å². The SMILES string of the molecule is CCCn1nc(C)cc1CN(C)c1ccc(NS(=O)(=O)c2ccccc2Cl)cc1C(=O)O.O=C(O)C(F)(F)F. The number of hydrogen-bond acceptors (Lipinski definition) is 6. The minimum absolute atomic E-state index is 0.0230. The van der Waals surface area contributed by atoms with Crippen LogP contribution in [0.4, 0.5) is 24.5 Å². The summed E-state index contributed by atoms with van der Waals surface area (Å²) in [5, 5.41) is 21.4.